The van der Waals surface area contributed by atoms with Gasteiger partial charge in [-0.1, -0.05) is 164 Å². The minimum atomic E-state index is -0.694. The Morgan fingerprint density at radius 2 is 0.812 bits per heavy atom. The lowest BCUT2D eigenvalue weighted by molar-refractivity contribution is 0.343. The molecule has 0 N–H and O–H groups in total. The van der Waals surface area contributed by atoms with Crippen molar-refractivity contribution in [1.29, 1.82) is 0 Å². The normalized spacial score (nSPS) is 11.3. The summed E-state index contributed by atoms with van der Waals surface area (Å²) in [6.45, 7) is 3.16. The van der Waals surface area contributed by atoms with Crippen LogP contribution in [0, 0.1) is 0 Å². The quantitative estimate of drug-likeness (QED) is 0.143. The molecule has 0 saturated heterocycles. The lowest BCUT2D eigenvalue weighted by Gasteiger charge is -2.18. The molecule has 0 unspecified atom stereocenters. The third-order valence-corrected chi connectivity index (χ3v) is 8.17. The average molecular weight is 455 g/mol. The predicted octanol–water partition coefficient (Wildman–Crippen LogP) is 9.31. The van der Waals surface area contributed by atoms with E-state index in [0.29, 0.717) is 0 Å². The van der Waals surface area contributed by atoms with Crippen LogP contribution in [0.5, 0.6) is 0 Å². The summed E-state index contributed by atoms with van der Waals surface area (Å²) >= 11 is 0. The highest BCUT2D eigenvalue weighted by Crippen LogP contribution is 2.35. The number of hydrogen-bond acceptors (Lipinski definition) is 1. The van der Waals surface area contributed by atoms with Gasteiger partial charge in [0.05, 0.1) is 14.8 Å². The molecule has 2 aromatic carbocycles. The van der Waals surface area contributed by atoms with Crippen LogP contribution in [-0.2, 0) is 4.52 Å². The maximum Gasteiger partial charge on any atom is 0.0917 e. The second-order valence-corrected chi connectivity index (χ2v) is 11.0. The van der Waals surface area contributed by atoms with Crippen molar-refractivity contribution < 1.29 is 4.52 Å². The van der Waals surface area contributed by atoms with E-state index in [9.17, 15) is 0 Å². The molecule has 0 aliphatic carbocycles. The minimum Gasteiger partial charge on any atom is -0.350 e. The smallest absolute Gasteiger partial charge is 0.0917 e. The molecule has 0 spiro atoms. The van der Waals surface area contributed by atoms with Crippen LogP contribution in [-0.4, -0.2) is 6.61 Å². The summed E-state index contributed by atoms with van der Waals surface area (Å²) in [4.78, 5) is 0. The zero-order valence-electron chi connectivity index (χ0n) is 20.6. The number of hydrogen-bond donors (Lipinski definition) is 0. The Morgan fingerprint density at radius 1 is 0.469 bits per heavy atom. The van der Waals surface area contributed by atoms with Gasteiger partial charge >= 0.3 is 0 Å². The Labute approximate surface area is 200 Å². The molecule has 0 bridgehead atoms. The molecular weight excluding hydrogens is 407 g/mol. The third-order valence-electron chi connectivity index (χ3n) is 6.20. The second-order valence-electron chi connectivity index (χ2n) is 9.10. The fourth-order valence-electron chi connectivity index (χ4n) is 4.23. The SMILES string of the molecule is CCCCCCCCCCCCCCCCCCOP(c1ccccc1)c1ccccc1. The van der Waals surface area contributed by atoms with E-state index in [4.69, 9.17) is 4.52 Å². The fraction of sp³-hybridized carbons (Fsp3) is 0.600. The van der Waals surface area contributed by atoms with Crippen LogP contribution in [0.4, 0.5) is 0 Å². The van der Waals surface area contributed by atoms with E-state index in [1.165, 1.54) is 113 Å². The highest BCUT2D eigenvalue weighted by molar-refractivity contribution is 7.68. The van der Waals surface area contributed by atoms with Gasteiger partial charge in [0.1, 0.15) is 0 Å². The van der Waals surface area contributed by atoms with Crippen LogP contribution in [0.3, 0.4) is 0 Å². The maximum atomic E-state index is 6.40. The van der Waals surface area contributed by atoms with Crippen LogP contribution < -0.4 is 10.6 Å². The van der Waals surface area contributed by atoms with Crippen molar-refractivity contribution in [1.82, 2.24) is 0 Å². The van der Waals surface area contributed by atoms with Crippen molar-refractivity contribution in [3.05, 3.63) is 60.7 Å². The summed E-state index contributed by atoms with van der Waals surface area (Å²) in [6.07, 6.45) is 22.5. The van der Waals surface area contributed by atoms with Gasteiger partial charge in [-0.05, 0) is 6.42 Å². The number of rotatable bonds is 20. The summed E-state index contributed by atoms with van der Waals surface area (Å²) in [7, 11) is -0.694. The molecule has 0 heterocycles. The maximum absolute atomic E-state index is 6.40. The number of benzene rings is 2. The van der Waals surface area contributed by atoms with Crippen molar-refractivity contribution in [2.24, 2.45) is 0 Å². The van der Waals surface area contributed by atoms with Gasteiger partial charge in [-0.15, -0.1) is 0 Å². The van der Waals surface area contributed by atoms with E-state index >= 15 is 0 Å². The molecule has 0 fully saturated rings. The summed E-state index contributed by atoms with van der Waals surface area (Å²) < 4.78 is 6.40. The molecule has 0 radical (unpaired) electrons. The van der Waals surface area contributed by atoms with Gasteiger partial charge < -0.3 is 4.52 Å². The Morgan fingerprint density at radius 3 is 1.19 bits per heavy atom. The molecule has 0 amide bonds. The van der Waals surface area contributed by atoms with E-state index in [1.807, 2.05) is 0 Å². The molecule has 0 atom stereocenters. The first-order valence-corrected chi connectivity index (χ1v) is 14.7. The van der Waals surface area contributed by atoms with Gasteiger partial charge in [0.15, 0.2) is 0 Å². The first kappa shape index (κ1) is 27.1. The van der Waals surface area contributed by atoms with Gasteiger partial charge in [0.2, 0.25) is 0 Å². The zero-order valence-corrected chi connectivity index (χ0v) is 21.5. The standard InChI is InChI=1S/C30H47OP/c1-2-3-4-5-6-7-8-9-10-11-12-13-14-15-16-23-28-31-32(29-24-19-17-20-25-29)30-26-21-18-22-27-30/h17-22,24-27H,2-16,23,28H2,1H3. The van der Waals surface area contributed by atoms with E-state index in [2.05, 4.69) is 67.6 Å². The van der Waals surface area contributed by atoms with Gasteiger partial charge in [0, 0.05) is 10.6 Å². The molecular formula is C30H47OP. The molecule has 1 nitrogen and oxygen atoms in total. The monoisotopic (exact) mass is 454 g/mol. The first-order valence-electron chi connectivity index (χ1n) is 13.4. The average Bonchev–Trinajstić information content (AvgIpc) is 2.84. The van der Waals surface area contributed by atoms with Crippen molar-refractivity contribution in [2.45, 2.75) is 110 Å². The molecule has 0 aliphatic rings. The van der Waals surface area contributed by atoms with Crippen molar-refractivity contribution in [2.75, 3.05) is 6.61 Å². The van der Waals surface area contributed by atoms with Crippen LogP contribution in [0.2, 0.25) is 0 Å². The molecule has 2 heteroatoms. The fourth-order valence-corrected chi connectivity index (χ4v) is 6.02. The van der Waals surface area contributed by atoms with Gasteiger partial charge in [0.25, 0.3) is 0 Å². The van der Waals surface area contributed by atoms with Gasteiger partial charge in [-0.25, -0.2) is 0 Å². The Kier molecular flexibility index (Phi) is 16.3. The lowest BCUT2D eigenvalue weighted by Crippen LogP contribution is -2.14. The molecule has 0 aliphatic heterocycles. The summed E-state index contributed by atoms with van der Waals surface area (Å²) in [5, 5.41) is 2.62. The molecule has 2 rings (SSSR count). The van der Waals surface area contributed by atoms with Crippen molar-refractivity contribution in [3.8, 4) is 0 Å². The molecule has 0 aromatic heterocycles. The van der Waals surface area contributed by atoms with Crippen molar-refractivity contribution >= 4 is 18.8 Å². The van der Waals surface area contributed by atoms with Crippen LogP contribution >= 0.6 is 8.15 Å². The zero-order chi connectivity index (χ0) is 22.5. The van der Waals surface area contributed by atoms with E-state index in [1.54, 1.807) is 0 Å². The van der Waals surface area contributed by atoms with Gasteiger partial charge in [-0.2, -0.15) is 0 Å². The van der Waals surface area contributed by atoms with Crippen molar-refractivity contribution in [3.63, 3.8) is 0 Å². The topological polar surface area (TPSA) is 9.23 Å². The third kappa shape index (κ3) is 12.8. The molecule has 0 saturated carbocycles. The van der Waals surface area contributed by atoms with Crippen LogP contribution in [0.25, 0.3) is 0 Å². The van der Waals surface area contributed by atoms with E-state index in [0.717, 1.165) is 6.61 Å². The highest BCUT2D eigenvalue weighted by Gasteiger charge is 2.14. The second kappa shape index (κ2) is 19.3. The number of unbranched alkanes of at least 4 members (excludes halogenated alkanes) is 15. The Balaban J connectivity index is 1.44. The minimum absolute atomic E-state index is 0.694. The summed E-state index contributed by atoms with van der Waals surface area (Å²) in [5.41, 5.74) is 0. The highest BCUT2D eigenvalue weighted by atomic mass is 31.1. The molecule has 178 valence electrons. The Bertz CT molecular complexity index is 603. The van der Waals surface area contributed by atoms with Crippen LogP contribution in [0.15, 0.2) is 60.7 Å². The Hall–Kier alpha value is -1.17. The predicted molar refractivity (Wildman–Crippen MR) is 145 cm³/mol. The summed E-state index contributed by atoms with van der Waals surface area (Å²) in [5.74, 6) is 0. The largest absolute Gasteiger partial charge is 0.350 e. The molecule has 32 heavy (non-hydrogen) atoms. The summed E-state index contributed by atoms with van der Waals surface area (Å²) in [6, 6.07) is 21.4. The molecule has 2 aromatic rings. The first-order chi connectivity index (χ1) is 15.9. The lowest BCUT2D eigenvalue weighted by atomic mass is 10.0. The van der Waals surface area contributed by atoms with Gasteiger partial charge in [-0.3, -0.25) is 0 Å². The van der Waals surface area contributed by atoms with E-state index < -0.39 is 8.15 Å². The van der Waals surface area contributed by atoms with Crippen LogP contribution in [0.1, 0.15) is 110 Å². The van der Waals surface area contributed by atoms with E-state index in [-0.39, 0.29) is 0 Å².